The van der Waals surface area contributed by atoms with E-state index in [0.29, 0.717) is 17.0 Å². The average Bonchev–Trinajstić information content (AvgIpc) is 2.78. The molecule has 2 N–H and O–H groups in total. The lowest BCUT2D eigenvalue weighted by atomic mass is 10.0. The summed E-state index contributed by atoms with van der Waals surface area (Å²) < 4.78 is 15.7. The van der Waals surface area contributed by atoms with Gasteiger partial charge in [0.25, 0.3) is 0 Å². The van der Waals surface area contributed by atoms with Gasteiger partial charge in [0.05, 0.1) is 17.1 Å². The molecule has 0 aliphatic carbocycles. The molecule has 0 spiro atoms. The van der Waals surface area contributed by atoms with Crippen molar-refractivity contribution >= 4 is 17.0 Å². The van der Waals surface area contributed by atoms with Gasteiger partial charge in [-0.25, -0.2) is 9.37 Å². The number of hydrogen-bond donors (Lipinski definition) is 1. The van der Waals surface area contributed by atoms with Gasteiger partial charge in [-0.05, 0) is 30.5 Å². The standard InChI is InChI=1S/C17H18FN3/c1-3-15(12-7-5-4-6-8-12)21-16-9-11(2)13(18)10-14(16)20-17(21)19/h4-10,15H,3H2,1-2H3,(H2,19,20). The van der Waals surface area contributed by atoms with Gasteiger partial charge in [0.1, 0.15) is 5.82 Å². The van der Waals surface area contributed by atoms with Crippen molar-refractivity contribution in [3.63, 3.8) is 0 Å². The molecule has 3 nitrogen and oxygen atoms in total. The zero-order chi connectivity index (χ0) is 15.0. The first-order valence-electron chi connectivity index (χ1n) is 7.10. The van der Waals surface area contributed by atoms with E-state index in [-0.39, 0.29) is 11.9 Å². The third-order valence-corrected chi connectivity index (χ3v) is 3.88. The molecule has 0 amide bonds. The molecule has 0 aliphatic heterocycles. The minimum atomic E-state index is -0.250. The van der Waals surface area contributed by atoms with Crippen LogP contribution < -0.4 is 5.73 Å². The van der Waals surface area contributed by atoms with Gasteiger partial charge in [-0.2, -0.15) is 0 Å². The Labute approximate surface area is 123 Å². The fraction of sp³-hybridized carbons (Fsp3) is 0.235. The molecule has 3 aromatic rings. The fourth-order valence-electron chi connectivity index (χ4n) is 2.81. The van der Waals surface area contributed by atoms with Crippen LogP contribution >= 0.6 is 0 Å². The molecule has 0 aliphatic rings. The highest BCUT2D eigenvalue weighted by Crippen LogP contribution is 2.30. The Balaban J connectivity index is 2.23. The summed E-state index contributed by atoms with van der Waals surface area (Å²) in [6, 6.07) is 13.5. The highest BCUT2D eigenvalue weighted by molar-refractivity contribution is 5.79. The number of nitrogens with zero attached hydrogens (tertiary/aromatic N) is 2. The minimum Gasteiger partial charge on any atom is -0.369 e. The molecule has 0 saturated carbocycles. The summed E-state index contributed by atoms with van der Waals surface area (Å²) in [7, 11) is 0. The first kappa shape index (κ1) is 13.6. The van der Waals surface area contributed by atoms with Crippen LogP contribution in [0.15, 0.2) is 42.5 Å². The van der Waals surface area contributed by atoms with Crippen molar-refractivity contribution < 1.29 is 4.39 Å². The molecule has 4 heteroatoms. The molecule has 1 heterocycles. The van der Waals surface area contributed by atoms with Crippen LogP contribution in [0.2, 0.25) is 0 Å². The van der Waals surface area contributed by atoms with Crippen LogP contribution in [0.5, 0.6) is 0 Å². The number of aromatic nitrogens is 2. The van der Waals surface area contributed by atoms with Crippen LogP contribution in [0.4, 0.5) is 10.3 Å². The maximum Gasteiger partial charge on any atom is 0.201 e. The van der Waals surface area contributed by atoms with E-state index in [2.05, 4.69) is 24.0 Å². The second-order valence-electron chi connectivity index (χ2n) is 5.26. The molecule has 0 saturated heterocycles. The topological polar surface area (TPSA) is 43.8 Å². The number of anilines is 1. The minimum absolute atomic E-state index is 0.0982. The maximum atomic E-state index is 13.7. The summed E-state index contributed by atoms with van der Waals surface area (Å²) >= 11 is 0. The Morgan fingerprint density at radius 2 is 1.95 bits per heavy atom. The second kappa shape index (κ2) is 5.20. The highest BCUT2D eigenvalue weighted by atomic mass is 19.1. The van der Waals surface area contributed by atoms with E-state index in [1.807, 2.05) is 28.8 Å². The Hall–Kier alpha value is -2.36. The third-order valence-electron chi connectivity index (χ3n) is 3.88. The van der Waals surface area contributed by atoms with Crippen molar-refractivity contribution in [1.82, 2.24) is 9.55 Å². The summed E-state index contributed by atoms with van der Waals surface area (Å²) in [5.74, 6) is 0.172. The molecule has 1 aromatic heterocycles. The molecule has 108 valence electrons. The molecule has 21 heavy (non-hydrogen) atoms. The summed E-state index contributed by atoms with van der Waals surface area (Å²) in [6.07, 6.45) is 0.885. The lowest BCUT2D eigenvalue weighted by Gasteiger charge is -2.19. The predicted octanol–water partition coefficient (Wildman–Crippen LogP) is 4.07. The van der Waals surface area contributed by atoms with Crippen molar-refractivity contribution in [2.45, 2.75) is 26.3 Å². The Morgan fingerprint density at radius 1 is 1.24 bits per heavy atom. The fourth-order valence-corrected chi connectivity index (χ4v) is 2.81. The predicted molar refractivity (Wildman–Crippen MR) is 83.7 cm³/mol. The summed E-state index contributed by atoms with van der Waals surface area (Å²) in [5, 5.41) is 0. The Morgan fingerprint density at radius 3 is 2.62 bits per heavy atom. The lowest BCUT2D eigenvalue weighted by molar-refractivity contribution is 0.588. The van der Waals surface area contributed by atoms with Gasteiger partial charge in [0.15, 0.2) is 0 Å². The molecule has 0 fully saturated rings. The van der Waals surface area contributed by atoms with E-state index >= 15 is 0 Å². The van der Waals surface area contributed by atoms with E-state index in [9.17, 15) is 4.39 Å². The van der Waals surface area contributed by atoms with Crippen molar-refractivity contribution in [2.24, 2.45) is 0 Å². The summed E-state index contributed by atoms with van der Waals surface area (Å²) in [4.78, 5) is 4.31. The number of fused-ring (bicyclic) bond motifs is 1. The normalized spacial score (nSPS) is 12.7. The Kier molecular flexibility index (Phi) is 3.37. The lowest BCUT2D eigenvalue weighted by Crippen LogP contribution is -2.12. The zero-order valence-electron chi connectivity index (χ0n) is 12.2. The number of halogens is 1. The maximum absolute atomic E-state index is 13.7. The van der Waals surface area contributed by atoms with E-state index in [4.69, 9.17) is 5.73 Å². The monoisotopic (exact) mass is 283 g/mol. The number of aryl methyl sites for hydroxylation is 1. The third kappa shape index (κ3) is 2.27. The van der Waals surface area contributed by atoms with Crippen LogP contribution in [-0.2, 0) is 0 Å². The molecule has 2 aromatic carbocycles. The molecular formula is C17H18FN3. The SMILES string of the molecule is CCC(c1ccccc1)n1c(N)nc2cc(F)c(C)cc21. The molecule has 0 bridgehead atoms. The molecule has 0 radical (unpaired) electrons. The second-order valence-corrected chi connectivity index (χ2v) is 5.26. The van der Waals surface area contributed by atoms with E-state index in [1.54, 1.807) is 6.92 Å². The number of nitrogen functional groups attached to an aromatic ring is 1. The summed E-state index contributed by atoms with van der Waals surface area (Å²) in [5.41, 5.74) is 9.35. The number of benzene rings is 2. The van der Waals surface area contributed by atoms with Gasteiger partial charge in [-0.15, -0.1) is 0 Å². The van der Waals surface area contributed by atoms with Gasteiger partial charge in [-0.1, -0.05) is 37.3 Å². The number of rotatable bonds is 3. The molecule has 3 rings (SSSR count). The Bertz CT molecular complexity index is 778. The quantitative estimate of drug-likeness (QED) is 0.787. The molecule has 1 atom stereocenters. The van der Waals surface area contributed by atoms with Gasteiger partial charge in [0, 0.05) is 6.07 Å². The molecular weight excluding hydrogens is 265 g/mol. The van der Waals surface area contributed by atoms with Crippen LogP contribution in [0, 0.1) is 12.7 Å². The van der Waals surface area contributed by atoms with Crippen molar-refractivity contribution in [3.05, 3.63) is 59.4 Å². The van der Waals surface area contributed by atoms with E-state index in [1.165, 1.54) is 11.6 Å². The number of nitrogens with two attached hydrogens (primary N) is 1. The number of hydrogen-bond acceptors (Lipinski definition) is 2. The first-order valence-corrected chi connectivity index (χ1v) is 7.10. The van der Waals surface area contributed by atoms with Gasteiger partial charge < -0.3 is 10.3 Å². The van der Waals surface area contributed by atoms with E-state index in [0.717, 1.165) is 11.9 Å². The first-order chi connectivity index (χ1) is 10.1. The molecule has 1 unspecified atom stereocenters. The zero-order valence-corrected chi connectivity index (χ0v) is 12.2. The van der Waals surface area contributed by atoms with Crippen molar-refractivity contribution in [2.75, 3.05) is 5.73 Å². The largest absolute Gasteiger partial charge is 0.369 e. The van der Waals surface area contributed by atoms with E-state index < -0.39 is 0 Å². The van der Waals surface area contributed by atoms with Crippen LogP contribution in [0.3, 0.4) is 0 Å². The average molecular weight is 283 g/mol. The van der Waals surface area contributed by atoms with Crippen LogP contribution in [0.25, 0.3) is 11.0 Å². The van der Waals surface area contributed by atoms with Crippen LogP contribution in [-0.4, -0.2) is 9.55 Å². The smallest absolute Gasteiger partial charge is 0.201 e. The van der Waals surface area contributed by atoms with Gasteiger partial charge in [-0.3, -0.25) is 0 Å². The van der Waals surface area contributed by atoms with Gasteiger partial charge >= 0.3 is 0 Å². The van der Waals surface area contributed by atoms with Crippen LogP contribution in [0.1, 0.15) is 30.5 Å². The van der Waals surface area contributed by atoms with Crippen molar-refractivity contribution in [3.8, 4) is 0 Å². The summed E-state index contributed by atoms with van der Waals surface area (Å²) in [6.45, 7) is 3.87. The van der Waals surface area contributed by atoms with Crippen molar-refractivity contribution in [1.29, 1.82) is 0 Å². The van der Waals surface area contributed by atoms with Gasteiger partial charge in [0.2, 0.25) is 5.95 Å². The number of imidazole rings is 1. The highest BCUT2D eigenvalue weighted by Gasteiger charge is 2.19.